The van der Waals surface area contributed by atoms with Gasteiger partial charge >= 0.3 is 5.97 Å². The summed E-state index contributed by atoms with van der Waals surface area (Å²) in [5.41, 5.74) is 1.36. The topological polar surface area (TPSA) is 40.5 Å². The van der Waals surface area contributed by atoms with Crippen LogP contribution in [0.15, 0.2) is 23.1 Å². The number of piperidine rings is 1. The van der Waals surface area contributed by atoms with Crippen LogP contribution in [0.25, 0.3) is 0 Å². The highest BCUT2D eigenvalue weighted by Crippen LogP contribution is 2.35. The Labute approximate surface area is 125 Å². The molecular formula is C16H23NO2S. The first kappa shape index (κ1) is 15.2. The fourth-order valence-corrected chi connectivity index (χ4v) is 3.75. The number of carboxylic acid groups (broad SMARTS) is 1. The Kier molecular flexibility index (Phi) is 4.97. The molecule has 1 aliphatic rings. The molecule has 2 atom stereocenters. The zero-order valence-corrected chi connectivity index (χ0v) is 13.2. The summed E-state index contributed by atoms with van der Waals surface area (Å²) < 4.78 is 0. The second kappa shape index (κ2) is 6.53. The van der Waals surface area contributed by atoms with E-state index >= 15 is 0 Å². The molecule has 0 aliphatic carbocycles. The second-order valence-electron chi connectivity index (χ2n) is 5.44. The molecule has 1 aliphatic heterocycles. The van der Waals surface area contributed by atoms with Gasteiger partial charge in [-0.05, 0) is 43.6 Å². The number of rotatable bonds is 4. The third-order valence-electron chi connectivity index (χ3n) is 4.20. The molecule has 1 N–H and O–H groups in total. The lowest BCUT2D eigenvalue weighted by atomic mass is 9.91. The van der Waals surface area contributed by atoms with E-state index in [1.54, 1.807) is 11.8 Å². The van der Waals surface area contributed by atoms with Gasteiger partial charge in [0.1, 0.15) is 0 Å². The van der Waals surface area contributed by atoms with Gasteiger partial charge in [0.05, 0.1) is 11.3 Å². The smallest absolute Gasteiger partial charge is 0.338 e. The number of anilines is 1. The van der Waals surface area contributed by atoms with E-state index in [0.717, 1.165) is 29.3 Å². The quantitative estimate of drug-likeness (QED) is 0.848. The Balaban J connectivity index is 2.44. The molecule has 1 fully saturated rings. The number of aromatic carboxylic acids is 1. The summed E-state index contributed by atoms with van der Waals surface area (Å²) >= 11 is 1.60. The van der Waals surface area contributed by atoms with Crippen molar-refractivity contribution in [3.8, 4) is 0 Å². The van der Waals surface area contributed by atoms with Gasteiger partial charge in [0.2, 0.25) is 0 Å². The van der Waals surface area contributed by atoms with Gasteiger partial charge in [0.25, 0.3) is 0 Å². The van der Waals surface area contributed by atoms with Crippen molar-refractivity contribution in [3.05, 3.63) is 23.8 Å². The van der Waals surface area contributed by atoms with Gasteiger partial charge in [-0.25, -0.2) is 4.79 Å². The minimum Gasteiger partial charge on any atom is -0.478 e. The van der Waals surface area contributed by atoms with Gasteiger partial charge in [-0.15, -0.1) is 11.8 Å². The van der Waals surface area contributed by atoms with E-state index in [1.165, 1.54) is 6.42 Å². The molecule has 0 bridgehead atoms. The molecule has 1 aromatic carbocycles. The van der Waals surface area contributed by atoms with Gasteiger partial charge in [0.15, 0.2) is 0 Å². The Morgan fingerprint density at radius 2 is 2.20 bits per heavy atom. The van der Waals surface area contributed by atoms with Crippen molar-refractivity contribution in [1.29, 1.82) is 0 Å². The first-order valence-corrected chi connectivity index (χ1v) is 8.30. The summed E-state index contributed by atoms with van der Waals surface area (Å²) in [6, 6.07) is 6.24. The van der Waals surface area contributed by atoms with Gasteiger partial charge in [-0.2, -0.15) is 0 Å². The van der Waals surface area contributed by atoms with E-state index in [4.69, 9.17) is 0 Å². The predicted octanol–water partition coefficient (Wildman–Crippen LogP) is 4.12. The molecule has 2 unspecified atom stereocenters. The fourth-order valence-electron chi connectivity index (χ4n) is 2.93. The molecule has 0 spiro atoms. The highest BCUT2D eigenvalue weighted by molar-refractivity contribution is 7.99. The monoisotopic (exact) mass is 293 g/mol. The number of carbonyl (C=O) groups is 1. The van der Waals surface area contributed by atoms with Crippen molar-refractivity contribution >= 4 is 23.4 Å². The van der Waals surface area contributed by atoms with Gasteiger partial charge < -0.3 is 10.0 Å². The largest absolute Gasteiger partial charge is 0.478 e. The molecule has 2 rings (SSSR count). The molecule has 1 saturated heterocycles. The number of carboxylic acids is 1. The van der Waals surface area contributed by atoms with Crippen molar-refractivity contribution in [2.45, 2.75) is 44.6 Å². The molecule has 3 nitrogen and oxygen atoms in total. The molecule has 1 aromatic rings. The summed E-state index contributed by atoms with van der Waals surface area (Å²) in [7, 11) is 0. The lowest BCUT2D eigenvalue weighted by Gasteiger charge is -2.40. The maximum atomic E-state index is 11.7. The Morgan fingerprint density at radius 1 is 1.45 bits per heavy atom. The van der Waals surface area contributed by atoms with Crippen LogP contribution in [0.3, 0.4) is 0 Å². The van der Waals surface area contributed by atoms with E-state index < -0.39 is 5.97 Å². The molecule has 0 saturated carbocycles. The molecule has 20 heavy (non-hydrogen) atoms. The number of benzene rings is 1. The Bertz CT molecular complexity index is 489. The second-order valence-corrected chi connectivity index (χ2v) is 6.75. The lowest BCUT2D eigenvalue weighted by molar-refractivity contribution is 0.0693. The maximum Gasteiger partial charge on any atom is 0.338 e. The average Bonchev–Trinajstić information content (AvgIpc) is 2.42. The molecule has 4 heteroatoms. The summed E-state index contributed by atoms with van der Waals surface area (Å²) in [5.74, 6) is 0.672. The summed E-state index contributed by atoms with van der Waals surface area (Å²) in [5, 5.41) is 9.62. The average molecular weight is 293 g/mol. The van der Waals surface area contributed by atoms with E-state index in [2.05, 4.69) is 25.7 Å². The van der Waals surface area contributed by atoms with E-state index in [1.807, 2.05) is 18.2 Å². The Morgan fingerprint density at radius 3 is 2.85 bits per heavy atom. The molecule has 1 heterocycles. The summed E-state index contributed by atoms with van der Waals surface area (Å²) in [6.45, 7) is 7.46. The minimum absolute atomic E-state index is 0.392. The van der Waals surface area contributed by atoms with Crippen LogP contribution in [0.4, 0.5) is 5.69 Å². The number of nitrogens with zero attached hydrogens (tertiary/aromatic N) is 1. The van der Waals surface area contributed by atoms with Gasteiger partial charge in [-0.1, -0.05) is 19.9 Å². The zero-order valence-electron chi connectivity index (χ0n) is 12.4. The van der Waals surface area contributed by atoms with Crippen molar-refractivity contribution in [3.63, 3.8) is 0 Å². The molecule has 0 radical (unpaired) electrons. The van der Waals surface area contributed by atoms with Crippen molar-refractivity contribution in [2.75, 3.05) is 17.2 Å². The van der Waals surface area contributed by atoms with Crippen molar-refractivity contribution < 1.29 is 9.90 Å². The van der Waals surface area contributed by atoms with Gasteiger partial charge in [-0.3, -0.25) is 0 Å². The molecule has 110 valence electrons. The third kappa shape index (κ3) is 2.95. The van der Waals surface area contributed by atoms with E-state index in [-0.39, 0.29) is 0 Å². The van der Waals surface area contributed by atoms with Crippen LogP contribution in [0.2, 0.25) is 0 Å². The number of hydrogen-bond acceptors (Lipinski definition) is 3. The number of hydrogen-bond donors (Lipinski definition) is 1. The first-order valence-electron chi connectivity index (χ1n) is 7.32. The summed E-state index contributed by atoms with van der Waals surface area (Å²) in [6.07, 6.45) is 2.36. The highest BCUT2D eigenvalue weighted by atomic mass is 32.2. The molecule has 0 amide bonds. The van der Waals surface area contributed by atoms with Crippen molar-refractivity contribution in [2.24, 2.45) is 5.92 Å². The fraction of sp³-hybridized carbons (Fsp3) is 0.562. The zero-order chi connectivity index (χ0) is 14.7. The molecule has 0 aromatic heterocycles. The van der Waals surface area contributed by atoms with Crippen LogP contribution >= 0.6 is 11.8 Å². The SMILES string of the molecule is CCSc1cccc(N2CCCC(C)C2C)c1C(=O)O. The van der Waals surface area contributed by atoms with Crippen LogP contribution in [-0.4, -0.2) is 29.4 Å². The third-order valence-corrected chi connectivity index (χ3v) is 5.14. The van der Waals surface area contributed by atoms with Crippen LogP contribution in [0.5, 0.6) is 0 Å². The minimum atomic E-state index is -0.818. The lowest BCUT2D eigenvalue weighted by Crippen LogP contribution is -2.43. The van der Waals surface area contributed by atoms with Gasteiger partial charge in [0, 0.05) is 17.5 Å². The standard InChI is InChI=1S/C16H23NO2S/c1-4-20-14-9-5-8-13(15(14)16(18)19)17-10-6-7-11(2)12(17)3/h5,8-9,11-12H,4,6-7,10H2,1-3H3,(H,18,19). The van der Waals surface area contributed by atoms with Crippen LogP contribution < -0.4 is 4.90 Å². The maximum absolute atomic E-state index is 11.7. The summed E-state index contributed by atoms with van der Waals surface area (Å²) in [4.78, 5) is 14.9. The number of thioether (sulfide) groups is 1. The first-order chi connectivity index (χ1) is 9.56. The van der Waals surface area contributed by atoms with Crippen LogP contribution in [0, 0.1) is 5.92 Å². The Hall–Kier alpha value is -1.16. The normalized spacial score (nSPS) is 22.9. The van der Waals surface area contributed by atoms with Crippen molar-refractivity contribution in [1.82, 2.24) is 0 Å². The molecular weight excluding hydrogens is 270 g/mol. The highest BCUT2D eigenvalue weighted by Gasteiger charge is 2.28. The van der Waals surface area contributed by atoms with E-state index in [0.29, 0.717) is 17.5 Å². The van der Waals surface area contributed by atoms with E-state index in [9.17, 15) is 9.90 Å². The van der Waals surface area contributed by atoms with Crippen LogP contribution in [-0.2, 0) is 0 Å². The van der Waals surface area contributed by atoms with Crippen LogP contribution in [0.1, 0.15) is 44.0 Å². The predicted molar refractivity (Wildman–Crippen MR) is 85.0 cm³/mol.